The Morgan fingerprint density at radius 1 is 1.33 bits per heavy atom. The van der Waals surface area contributed by atoms with E-state index in [2.05, 4.69) is 5.32 Å². The lowest BCUT2D eigenvalue weighted by molar-refractivity contribution is -0.161. The van der Waals surface area contributed by atoms with Crippen LogP contribution in [0.25, 0.3) is 0 Å². The molecular formula is C17H15N3O4. The summed E-state index contributed by atoms with van der Waals surface area (Å²) in [6.07, 6.45) is 1.52. The number of rotatable bonds is 1. The van der Waals surface area contributed by atoms with E-state index in [9.17, 15) is 19.6 Å². The van der Waals surface area contributed by atoms with Crippen molar-refractivity contribution >= 4 is 23.5 Å². The molecule has 0 aromatic heterocycles. The molecule has 1 saturated heterocycles. The van der Waals surface area contributed by atoms with E-state index in [0.717, 1.165) is 18.4 Å². The number of esters is 1. The van der Waals surface area contributed by atoms with Gasteiger partial charge in [-0.2, -0.15) is 5.26 Å². The van der Waals surface area contributed by atoms with Gasteiger partial charge in [-0.15, -0.1) is 0 Å². The van der Waals surface area contributed by atoms with Crippen LogP contribution in [-0.2, 0) is 24.5 Å². The lowest BCUT2D eigenvalue weighted by Gasteiger charge is -2.22. The Morgan fingerprint density at radius 2 is 2.08 bits per heavy atom. The van der Waals surface area contributed by atoms with Crippen LogP contribution >= 0.6 is 0 Å². The number of amides is 2. The van der Waals surface area contributed by atoms with E-state index in [1.54, 1.807) is 6.07 Å². The fourth-order valence-corrected chi connectivity index (χ4v) is 3.47. The smallest absolute Gasteiger partial charge is 0.397 e. The molecule has 0 radical (unpaired) electrons. The summed E-state index contributed by atoms with van der Waals surface area (Å²) in [7, 11) is 0. The van der Waals surface area contributed by atoms with Crippen molar-refractivity contribution in [1.29, 1.82) is 5.26 Å². The van der Waals surface area contributed by atoms with Gasteiger partial charge in [-0.3, -0.25) is 9.59 Å². The molecule has 1 spiro atoms. The van der Waals surface area contributed by atoms with Gasteiger partial charge in [0.05, 0.1) is 11.5 Å². The number of hydrogen-bond acceptors (Lipinski definition) is 5. The molecule has 4 rings (SSSR count). The maximum atomic E-state index is 12.6. The minimum absolute atomic E-state index is 0.00662. The number of hydrogen-bond donors (Lipinski definition) is 1. The summed E-state index contributed by atoms with van der Waals surface area (Å²) < 4.78 is 5.04. The number of nitrogens with zero attached hydrogens (tertiary/aromatic N) is 2. The largest absolute Gasteiger partial charge is 0.455 e. The van der Waals surface area contributed by atoms with Crippen LogP contribution in [0.1, 0.15) is 24.8 Å². The molecule has 2 atom stereocenters. The fraction of sp³-hybridized carbons (Fsp3) is 0.412. The lowest BCUT2D eigenvalue weighted by atomic mass is 9.80. The Labute approximate surface area is 138 Å². The number of carbonyl (C=O) groups excluding carboxylic acids is 3. The number of ether oxygens (including phenoxy) is 1. The number of benzene rings is 1. The van der Waals surface area contributed by atoms with E-state index < -0.39 is 23.3 Å². The van der Waals surface area contributed by atoms with Gasteiger partial charge >= 0.3 is 11.9 Å². The maximum absolute atomic E-state index is 12.6. The molecule has 2 heterocycles. The second-order valence-corrected chi connectivity index (χ2v) is 6.47. The van der Waals surface area contributed by atoms with Crippen molar-refractivity contribution < 1.29 is 19.1 Å². The molecule has 1 saturated carbocycles. The zero-order valence-corrected chi connectivity index (χ0v) is 12.8. The van der Waals surface area contributed by atoms with Crippen LogP contribution < -0.4 is 5.32 Å². The molecule has 7 heteroatoms. The molecule has 1 N–H and O–H groups in total. The first-order valence-electron chi connectivity index (χ1n) is 7.87. The molecule has 3 aliphatic rings. The third-order valence-electron chi connectivity index (χ3n) is 4.87. The van der Waals surface area contributed by atoms with Crippen LogP contribution in [0.4, 0.5) is 5.69 Å². The van der Waals surface area contributed by atoms with Gasteiger partial charge in [0, 0.05) is 18.7 Å². The van der Waals surface area contributed by atoms with Crippen molar-refractivity contribution in [2.24, 2.45) is 0 Å². The number of fused-ring (bicyclic) bond motifs is 2. The Hall–Kier alpha value is -2.88. The van der Waals surface area contributed by atoms with Gasteiger partial charge in [0.1, 0.15) is 12.1 Å². The molecule has 0 bridgehead atoms. The number of nitrogens with one attached hydrogen (secondary N) is 1. The summed E-state index contributed by atoms with van der Waals surface area (Å²) in [4.78, 5) is 38.1. The molecule has 2 aliphatic heterocycles. The first kappa shape index (κ1) is 14.7. The SMILES string of the molecule is N#CC1C[C@@]2(CN1C(=O)C(=O)OC1CC1)C(=O)Nc1ccccc12. The average Bonchev–Trinajstić information content (AvgIpc) is 3.24. The predicted molar refractivity (Wildman–Crippen MR) is 81.6 cm³/mol. The lowest BCUT2D eigenvalue weighted by Crippen LogP contribution is -2.43. The highest BCUT2D eigenvalue weighted by molar-refractivity contribution is 6.32. The van der Waals surface area contributed by atoms with E-state index in [1.165, 1.54) is 4.90 Å². The van der Waals surface area contributed by atoms with Crippen molar-refractivity contribution in [3.63, 3.8) is 0 Å². The highest BCUT2D eigenvalue weighted by Gasteiger charge is 2.56. The van der Waals surface area contributed by atoms with Crippen molar-refractivity contribution in [2.75, 3.05) is 11.9 Å². The minimum atomic E-state index is -0.980. The zero-order valence-electron chi connectivity index (χ0n) is 12.8. The highest BCUT2D eigenvalue weighted by Crippen LogP contribution is 2.46. The first-order valence-corrected chi connectivity index (χ1v) is 7.87. The Bertz CT molecular complexity index is 795. The Morgan fingerprint density at radius 3 is 2.79 bits per heavy atom. The van der Waals surface area contributed by atoms with Crippen LogP contribution in [0.2, 0.25) is 0 Å². The van der Waals surface area contributed by atoms with Gasteiger partial charge < -0.3 is 15.0 Å². The summed E-state index contributed by atoms with van der Waals surface area (Å²) in [6.45, 7) is 0.00662. The molecule has 7 nitrogen and oxygen atoms in total. The van der Waals surface area contributed by atoms with E-state index in [1.807, 2.05) is 24.3 Å². The molecule has 1 unspecified atom stereocenters. The Kier molecular flexibility index (Phi) is 3.10. The second-order valence-electron chi connectivity index (χ2n) is 6.47. The highest BCUT2D eigenvalue weighted by atomic mass is 16.6. The summed E-state index contributed by atoms with van der Waals surface area (Å²) in [5.74, 6) is -2.03. The average molecular weight is 325 g/mol. The van der Waals surface area contributed by atoms with Gasteiger partial charge in [0.2, 0.25) is 5.91 Å². The van der Waals surface area contributed by atoms with Crippen LogP contribution in [-0.4, -0.2) is 41.4 Å². The normalized spacial score (nSPS) is 27.5. The minimum Gasteiger partial charge on any atom is -0.455 e. The molecule has 24 heavy (non-hydrogen) atoms. The maximum Gasteiger partial charge on any atom is 0.397 e. The van der Waals surface area contributed by atoms with Crippen LogP contribution in [0.15, 0.2) is 24.3 Å². The van der Waals surface area contributed by atoms with Crippen LogP contribution in [0.3, 0.4) is 0 Å². The van der Waals surface area contributed by atoms with E-state index in [-0.39, 0.29) is 25.0 Å². The van der Waals surface area contributed by atoms with Crippen LogP contribution in [0, 0.1) is 11.3 Å². The van der Waals surface area contributed by atoms with Crippen LogP contribution in [0.5, 0.6) is 0 Å². The summed E-state index contributed by atoms with van der Waals surface area (Å²) in [6, 6.07) is 8.43. The third kappa shape index (κ3) is 2.07. The van der Waals surface area contributed by atoms with Gasteiger partial charge in [-0.25, -0.2) is 4.79 Å². The molecule has 2 amide bonds. The van der Waals surface area contributed by atoms with Gasteiger partial charge in [-0.1, -0.05) is 18.2 Å². The van der Waals surface area contributed by atoms with Crippen molar-refractivity contribution in [1.82, 2.24) is 4.90 Å². The molecule has 1 aromatic rings. The first-order chi connectivity index (χ1) is 11.5. The number of anilines is 1. The third-order valence-corrected chi connectivity index (χ3v) is 4.87. The van der Waals surface area contributed by atoms with E-state index >= 15 is 0 Å². The molecule has 1 aliphatic carbocycles. The van der Waals surface area contributed by atoms with Crippen molar-refractivity contribution in [3.05, 3.63) is 29.8 Å². The summed E-state index contributed by atoms with van der Waals surface area (Å²) in [5.41, 5.74) is 0.474. The monoisotopic (exact) mass is 325 g/mol. The number of nitriles is 1. The topological polar surface area (TPSA) is 99.5 Å². The Balaban J connectivity index is 1.64. The second kappa shape index (κ2) is 5.06. The summed E-state index contributed by atoms with van der Waals surface area (Å²) >= 11 is 0. The standard InChI is InChI=1S/C17H15N3O4/c18-8-10-7-17(12-3-1-2-4-13(12)19-16(17)23)9-20(10)14(21)15(22)24-11-5-6-11/h1-4,10-11H,5-7,9H2,(H,19,23)/t10?,17-/m0/s1. The molecule has 122 valence electrons. The van der Waals surface area contributed by atoms with E-state index in [0.29, 0.717) is 5.69 Å². The van der Waals surface area contributed by atoms with Crippen molar-refractivity contribution in [3.8, 4) is 6.07 Å². The quantitative estimate of drug-likeness (QED) is 0.605. The number of carbonyl (C=O) groups is 3. The molecule has 2 fully saturated rings. The summed E-state index contributed by atoms with van der Waals surface area (Å²) in [5, 5.41) is 12.2. The van der Waals surface area contributed by atoms with Gasteiger partial charge in [0.15, 0.2) is 0 Å². The van der Waals surface area contributed by atoms with Gasteiger partial charge in [-0.05, 0) is 24.5 Å². The number of para-hydroxylation sites is 1. The molecule has 1 aromatic carbocycles. The zero-order chi connectivity index (χ0) is 16.9. The fourth-order valence-electron chi connectivity index (χ4n) is 3.47. The number of likely N-dealkylation sites (tertiary alicyclic amines) is 1. The molecular weight excluding hydrogens is 310 g/mol. The van der Waals surface area contributed by atoms with Gasteiger partial charge in [0.25, 0.3) is 0 Å². The van der Waals surface area contributed by atoms with E-state index in [4.69, 9.17) is 4.74 Å². The predicted octanol–water partition coefficient (Wildman–Crippen LogP) is 0.707. The van der Waals surface area contributed by atoms with Crippen molar-refractivity contribution in [2.45, 2.75) is 36.8 Å².